The van der Waals surface area contributed by atoms with Crippen LogP contribution in [0.1, 0.15) is 31.2 Å². The summed E-state index contributed by atoms with van der Waals surface area (Å²) in [5, 5.41) is 0. The Hall–Kier alpha value is -2.14. The van der Waals surface area contributed by atoms with Crippen molar-refractivity contribution in [1.82, 2.24) is 9.47 Å². The average Bonchev–Trinajstić information content (AvgIpc) is 2.89. The molecule has 0 spiro atoms. The number of benzene rings is 1. The zero-order valence-electron chi connectivity index (χ0n) is 14.0. The predicted molar refractivity (Wildman–Crippen MR) is 104 cm³/mol. The minimum Gasteiger partial charge on any atom is -0.337 e. The maximum Gasteiger partial charge on any atom is 0.270 e. The number of nitrogens with zero attached hydrogens (tertiary/aromatic N) is 2. The number of halogens is 1. The Bertz CT molecular complexity index is 833. The SMILES string of the molecule is O=C(C(=Cc1cccc(Br)c1)n1ccccc1=O)N1CCCCCC1. The lowest BCUT2D eigenvalue weighted by Crippen LogP contribution is -2.36. The molecule has 1 aromatic heterocycles. The van der Waals surface area contributed by atoms with Gasteiger partial charge in [0.15, 0.2) is 0 Å². The van der Waals surface area contributed by atoms with E-state index < -0.39 is 0 Å². The molecule has 3 rings (SSSR count). The Morgan fingerprint density at radius 1 is 1.00 bits per heavy atom. The maximum absolute atomic E-state index is 13.2. The summed E-state index contributed by atoms with van der Waals surface area (Å²) in [7, 11) is 0. The van der Waals surface area contributed by atoms with Crippen molar-refractivity contribution in [1.29, 1.82) is 0 Å². The van der Waals surface area contributed by atoms with Crippen molar-refractivity contribution >= 4 is 33.6 Å². The van der Waals surface area contributed by atoms with E-state index in [1.165, 1.54) is 10.6 Å². The number of hydrogen-bond acceptors (Lipinski definition) is 2. The molecule has 1 amide bonds. The number of carbonyl (C=O) groups is 1. The number of amides is 1. The third-order valence-corrected chi connectivity index (χ3v) is 4.84. The topological polar surface area (TPSA) is 42.3 Å². The summed E-state index contributed by atoms with van der Waals surface area (Å²) >= 11 is 3.45. The van der Waals surface area contributed by atoms with Crippen LogP contribution in [0.5, 0.6) is 0 Å². The van der Waals surface area contributed by atoms with Crippen molar-refractivity contribution in [3.8, 4) is 0 Å². The highest BCUT2D eigenvalue weighted by molar-refractivity contribution is 9.10. The van der Waals surface area contributed by atoms with E-state index in [-0.39, 0.29) is 11.5 Å². The molecule has 0 radical (unpaired) electrons. The summed E-state index contributed by atoms with van der Waals surface area (Å²) in [6.07, 6.45) is 7.78. The fraction of sp³-hybridized carbons (Fsp3) is 0.300. The summed E-state index contributed by atoms with van der Waals surface area (Å²) in [6.45, 7) is 1.49. The summed E-state index contributed by atoms with van der Waals surface area (Å²) in [5.41, 5.74) is 1.07. The van der Waals surface area contributed by atoms with Crippen molar-refractivity contribution in [2.75, 3.05) is 13.1 Å². The number of carbonyl (C=O) groups excluding carboxylic acids is 1. The van der Waals surface area contributed by atoms with Crippen LogP contribution in [0, 0.1) is 0 Å². The van der Waals surface area contributed by atoms with Gasteiger partial charge in [-0.05, 0) is 42.7 Å². The molecule has 25 heavy (non-hydrogen) atoms. The first kappa shape index (κ1) is 17.7. The molecular weight excluding hydrogens is 380 g/mol. The van der Waals surface area contributed by atoms with Crippen molar-refractivity contribution in [2.45, 2.75) is 25.7 Å². The van der Waals surface area contributed by atoms with Crippen LogP contribution in [0.4, 0.5) is 0 Å². The van der Waals surface area contributed by atoms with E-state index in [1.807, 2.05) is 29.2 Å². The second-order valence-electron chi connectivity index (χ2n) is 6.20. The fourth-order valence-corrected chi connectivity index (χ4v) is 3.47. The van der Waals surface area contributed by atoms with Crippen molar-refractivity contribution < 1.29 is 4.79 Å². The Labute approximate surface area is 155 Å². The highest BCUT2D eigenvalue weighted by Gasteiger charge is 2.21. The summed E-state index contributed by atoms with van der Waals surface area (Å²) in [4.78, 5) is 27.4. The maximum atomic E-state index is 13.2. The van der Waals surface area contributed by atoms with Gasteiger partial charge in [-0.1, -0.05) is 47.0 Å². The molecule has 0 saturated carbocycles. The molecule has 0 N–H and O–H groups in total. The second-order valence-corrected chi connectivity index (χ2v) is 7.12. The lowest BCUT2D eigenvalue weighted by atomic mass is 10.1. The molecule has 0 unspecified atom stereocenters. The summed E-state index contributed by atoms with van der Waals surface area (Å²) < 4.78 is 2.37. The van der Waals surface area contributed by atoms with Gasteiger partial charge in [0.05, 0.1) is 0 Å². The quantitative estimate of drug-likeness (QED) is 0.730. The Morgan fingerprint density at radius 2 is 1.76 bits per heavy atom. The van der Waals surface area contributed by atoms with Gasteiger partial charge in [0, 0.05) is 29.8 Å². The first-order valence-electron chi connectivity index (χ1n) is 8.60. The molecule has 0 atom stereocenters. The molecule has 1 aromatic carbocycles. The molecule has 1 saturated heterocycles. The van der Waals surface area contributed by atoms with Gasteiger partial charge in [-0.15, -0.1) is 0 Å². The minimum absolute atomic E-state index is 0.0878. The third-order valence-electron chi connectivity index (χ3n) is 4.35. The lowest BCUT2D eigenvalue weighted by Gasteiger charge is -2.22. The molecule has 5 heteroatoms. The summed E-state index contributed by atoms with van der Waals surface area (Å²) in [5.74, 6) is -0.0878. The van der Waals surface area contributed by atoms with E-state index in [0.29, 0.717) is 5.70 Å². The van der Waals surface area contributed by atoms with Crippen LogP contribution in [0.2, 0.25) is 0 Å². The van der Waals surface area contributed by atoms with Gasteiger partial charge in [0.2, 0.25) is 0 Å². The lowest BCUT2D eigenvalue weighted by molar-refractivity contribution is -0.125. The smallest absolute Gasteiger partial charge is 0.270 e. The zero-order chi connectivity index (χ0) is 17.6. The van der Waals surface area contributed by atoms with E-state index in [9.17, 15) is 9.59 Å². The average molecular weight is 401 g/mol. The van der Waals surface area contributed by atoms with Crippen molar-refractivity contribution in [3.63, 3.8) is 0 Å². The van der Waals surface area contributed by atoms with Crippen LogP contribution in [-0.4, -0.2) is 28.5 Å². The fourth-order valence-electron chi connectivity index (χ4n) is 3.05. The standard InChI is InChI=1S/C20H21BrN2O2/c21-17-9-7-8-16(14-17)15-18(23-13-6-3-10-19(23)24)20(25)22-11-4-1-2-5-12-22/h3,6-10,13-15H,1-2,4-5,11-12H2. The van der Waals surface area contributed by atoms with Crippen LogP contribution >= 0.6 is 15.9 Å². The molecule has 130 valence electrons. The molecule has 2 heterocycles. The van der Waals surface area contributed by atoms with E-state index in [2.05, 4.69) is 15.9 Å². The Morgan fingerprint density at radius 3 is 2.44 bits per heavy atom. The summed E-state index contributed by atoms with van der Waals surface area (Å²) in [6, 6.07) is 12.6. The molecule has 0 bridgehead atoms. The van der Waals surface area contributed by atoms with E-state index >= 15 is 0 Å². The highest BCUT2D eigenvalue weighted by atomic mass is 79.9. The molecular formula is C20H21BrN2O2. The molecule has 1 aliphatic heterocycles. The van der Waals surface area contributed by atoms with Crippen molar-refractivity contribution in [3.05, 3.63) is 69.1 Å². The van der Waals surface area contributed by atoms with E-state index in [4.69, 9.17) is 0 Å². The number of rotatable bonds is 3. The molecule has 0 aliphatic carbocycles. The number of hydrogen-bond donors (Lipinski definition) is 0. The molecule has 2 aromatic rings. The number of aromatic nitrogens is 1. The Balaban J connectivity index is 2.04. The first-order chi connectivity index (χ1) is 12.1. The van der Waals surface area contributed by atoms with Crippen LogP contribution in [-0.2, 0) is 4.79 Å². The van der Waals surface area contributed by atoms with Crippen LogP contribution < -0.4 is 5.56 Å². The van der Waals surface area contributed by atoms with Gasteiger partial charge in [-0.3, -0.25) is 14.2 Å². The van der Waals surface area contributed by atoms with Crippen LogP contribution in [0.25, 0.3) is 11.8 Å². The molecule has 4 nitrogen and oxygen atoms in total. The number of likely N-dealkylation sites (tertiary alicyclic amines) is 1. The largest absolute Gasteiger partial charge is 0.337 e. The third kappa shape index (κ3) is 4.48. The molecule has 1 fully saturated rings. The van der Waals surface area contributed by atoms with Crippen LogP contribution in [0.3, 0.4) is 0 Å². The normalized spacial score (nSPS) is 15.7. The first-order valence-corrected chi connectivity index (χ1v) is 9.39. The van der Waals surface area contributed by atoms with Gasteiger partial charge < -0.3 is 4.90 Å². The van der Waals surface area contributed by atoms with Gasteiger partial charge in [0.25, 0.3) is 11.5 Å². The zero-order valence-corrected chi connectivity index (χ0v) is 15.6. The minimum atomic E-state index is -0.202. The van der Waals surface area contributed by atoms with Gasteiger partial charge >= 0.3 is 0 Å². The second kappa shape index (κ2) is 8.30. The molecule has 1 aliphatic rings. The Kier molecular flexibility index (Phi) is 5.87. The monoisotopic (exact) mass is 400 g/mol. The van der Waals surface area contributed by atoms with E-state index in [1.54, 1.807) is 24.4 Å². The van der Waals surface area contributed by atoms with Gasteiger partial charge in [-0.2, -0.15) is 0 Å². The van der Waals surface area contributed by atoms with Crippen LogP contribution in [0.15, 0.2) is 57.9 Å². The van der Waals surface area contributed by atoms with Crippen molar-refractivity contribution in [2.24, 2.45) is 0 Å². The number of pyridine rings is 1. The van der Waals surface area contributed by atoms with Gasteiger partial charge in [0.1, 0.15) is 5.70 Å². The van der Waals surface area contributed by atoms with E-state index in [0.717, 1.165) is 48.8 Å². The van der Waals surface area contributed by atoms with Gasteiger partial charge in [-0.25, -0.2) is 0 Å². The predicted octanol–water partition coefficient (Wildman–Crippen LogP) is 4.01. The highest BCUT2D eigenvalue weighted by Crippen LogP contribution is 2.19.